The SMILES string of the molecule is Cc1ccc(S(=O)(=O)N(CC(=O)N(Cc2ccc(Cl)c(Cl)c2)C(C)C(=O)NC(C)C)c2cccc(C)c2)cc1. The molecule has 0 fully saturated rings. The van der Waals surface area contributed by atoms with Crippen molar-refractivity contribution in [3.05, 3.63) is 93.5 Å². The van der Waals surface area contributed by atoms with Crippen molar-refractivity contribution >= 4 is 50.7 Å². The standard InChI is InChI=1S/C29H33Cl2N3O4S/c1-19(2)32-29(36)22(5)33(17-23-11-14-26(30)27(31)16-23)28(35)18-34(24-8-6-7-21(4)15-24)39(37,38)25-12-9-20(3)10-13-25/h6-16,19,22H,17-18H2,1-5H3,(H,32,36). The quantitative estimate of drug-likeness (QED) is 0.326. The van der Waals surface area contributed by atoms with E-state index < -0.39 is 28.5 Å². The van der Waals surface area contributed by atoms with E-state index in [4.69, 9.17) is 23.2 Å². The van der Waals surface area contributed by atoms with E-state index in [1.165, 1.54) is 17.0 Å². The molecule has 10 heteroatoms. The molecule has 3 rings (SSSR count). The number of nitrogens with zero attached hydrogens (tertiary/aromatic N) is 2. The number of amides is 2. The Balaban J connectivity index is 2.04. The van der Waals surface area contributed by atoms with Gasteiger partial charge in [0, 0.05) is 12.6 Å². The molecule has 0 bridgehead atoms. The third-order valence-electron chi connectivity index (χ3n) is 6.11. The van der Waals surface area contributed by atoms with Gasteiger partial charge in [-0.05, 0) is 82.1 Å². The first-order valence-corrected chi connectivity index (χ1v) is 14.7. The van der Waals surface area contributed by atoms with Gasteiger partial charge in [-0.3, -0.25) is 13.9 Å². The monoisotopic (exact) mass is 589 g/mol. The average molecular weight is 591 g/mol. The van der Waals surface area contributed by atoms with Crippen molar-refractivity contribution in [3.63, 3.8) is 0 Å². The van der Waals surface area contributed by atoms with Crippen LogP contribution in [-0.2, 0) is 26.2 Å². The van der Waals surface area contributed by atoms with Crippen molar-refractivity contribution in [2.75, 3.05) is 10.8 Å². The van der Waals surface area contributed by atoms with Crippen LogP contribution in [-0.4, -0.2) is 43.8 Å². The molecule has 0 saturated carbocycles. The first-order chi connectivity index (χ1) is 18.3. The molecule has 0 aliphatic carbocycles. The van der Waals surface area contributed by atoms with Gasteiger partial charge in [-0.15, -0.1) is 0 Å². The summed E-state index contributed by atoms with van der Waals surface area (Å²) in [5.74, 6) is -0.911. The number of halogens is 2. The summed E-state index contributed by atoms with van der Waals surface area (Å²) < 4.78 is 28.8. The van der Waals surface area contributed by atoms with Crippen molar-refractivity contribution in [1.29, 1.82) is 0 Å². The number of rotatable bonds is 10. The van der Waals surface area contributed by atoms with Crippen LogP contribution in [0.2, 0.25) is 10.0 Å². The van der Waals surface area contributed by atoms with Crippen LogP contribution in [0.5, 0.6) is 0 Å². The molecule has 3 aromatic rings. The molecule has 0 heterocycles. The van der Waals surface area contributed by atoms with Crippen LogP contribution in [0.25, 0.3) is 0 Å². The van der Waals surface area contributed by atoms with Gasteiger partial charge in [-0.2, -0.15) is 0 Å². The van der Waals surface area contributed by atoms with Gasteiger partial charge >= 0.3 is 0 Å². The van der Waals surface area contributed by atoms with Crippen LogP contribution in [0.4, 0.5) is 5.69 Å². The third kappa shape index (κ3) is 7.75. The lowest BCUT2D eigenvalue weighted by Gasteiger charge is -2.32. The number of carbonyl (C=O) groups excluding carboxylic acids is 2. The van der Waals surface area contributed by atoms with Crippen LogP contribution in [0, 0.1) is 13.8 Å². The molecule has 0 aromatic heterocycles. The van der Waals surface area contributed by atoms with E-state index in [2.05, 4.69) is 5.32 Å². The van der Waals surface area contributed by atoms with Gasteiger partial charge in [0.1, 0.15) is 12.6 Å². The fraction of sp³-hybridized carbons (Fsp3) is 0.310. The van der Waals surface area contributed by atoms with Crippen LogP contribution in [0.3, 0.4) is 0 Å². The largest absolute Gasteiger partial charge is 0.352 e. The Bertz CT molecular complexity index is 1440. The van der Waals surface area contributed by atoms with Gasteiger partial charge < -0.3 is 10.2 Å². The van der Waals surface area contributed by atoms with E-state index in [0.717, 1.165) is 15.4 Å². The molecular formula is C29H33Cl2N3O4S. The van der Waals surface area contributed by atoms with E-state index in [1.54, 1.807) is 55.5 Å². The zero-order chi connectivity index (χ0) is 28.9. The zero-order valence-electron chi connectivity index (χ0n) is 22.6. The molecule has 0 aliphatic heterocycles. The highest BCUT2D eigenvalue weighted by Gasteiger charge is 2.32. The highest BCUT2D eigenvalue weighted by molar-refractivity contribution is 7.92. The minimum absolute atomic E-state index is 0.0225. The number of carbonyl (C=O) groups is 2. The molecule has 2 amide bonds. The predicted octanol–water partition coefficient (Wildman–Crippen LogP) is 5.75. The van der Waals surface area contributed by atoms with Gasteiger partial charge in [0.15, 0.2) is 0 Å². The highest BCUT2D eigenvalue weighted by Crippen LogP contribution is 2.27. The fourth-order valence-electron chi connectivity index (χ4n) is 3.97. The summed E-state index contributed by atoms with van der Waals surface area (Å²) in [6.07, 6.45) is 0. The molecule has 7 nitrogen and oxygen atoms in total. The summed E-state index contributed by atoms with van der Waals surface area (Å²) in [4.78, 5) is 28.3. The van der Waals surface area contributed by atoms with E-state index >= 15 is 0 Å². The number of hydrogen-bond donors (Lipinski definition) is 1. The lowest BCUT2D eigenvalue weighted by atomic mass is 10.1. The molecule has 1 atom stereocenters. The number of hydrogen-bond acceptors (Lipinski definition) is 4. The van der Waals surface area contributed by atoms with Crippen molar-refractivity contribution in [2.24, 2.45) is 0 Å². The lowest BCUT2D eigenvalue weighted by molar-refractivity contribution is -0.139. The molecular weight excluding hydrogens is 557 g/mol. The molecule has 3 aromatic carbocycles. The Morgan fingerprint density at radius 1 is 0.872 bits per heavy atom. The maximum Gasteiger partial charge on any atom is 0.264 e. The Hall–Kier alpha value is -3.07. The minimum atomic E-state index is -4.12. The van der Waals surface area contributed by atoms with Crippen LogP contribution < -0.4 is 9.62 Å². The molecule has 0 radical (unpaired) electrons. The predicted molar refractivity (Wildman–Crippen MR) is 157 cm³/mol. The Kier molecular flexibility index (Phi) is 10.0. The second kappa shape index (κ2) is 12.9. The van der Waals surface area contributed by atoms with Crippen LogP contribution in [0.15, 0.2) is 71.6 Å². The third-order valence-corrected chi connectivity index (χ3v) is 8.64. The topological polar surface area (TPSA) is 86.8 Å². The summed E-state index contributed by atoms with van der Waals surface area (Å²) in [6, 6.07) is 17.3. The maximum absolute atomic E-state index is 13.9. The summed E-state index contributed by atoms with van der Waals surface area (Å²) in [7, 11) is -4.12. The fourth-order valence-corrected chi connectivity index (χ4v) is 5.70. The Morgan fingerprint density at radius 3 is 2.13 bits per heavy atom. The molecule has 0 saturated heterocycles. The van der Waals surface area contributed by atoms with Crippen molar-refractivity contribution in [3.8, 4) is 0 Å². The van der Waals surface area contributed by atoms with E-state index in [0.29, 0.717) is 21.3 Å². The van der Waals surface area contributed by atoms with Gasteiger partial charge in [-0.1, -0.05) is 59.1 Å². The van der Waals surface area contributed by atoms with E-state index in [1.807, 2.05) is 33.8 Å². The van der Waals surface area contributed by atoms with Crippen molar-refractivity contribution < 1.29 is 18.0 Å². The second-order valence-electron chi connectivity index (χ2n) is 9.77. The average Bonchev–Trinajstić information content (AvgIpc) is 2.87. The van der Waals surface area contributed by atoms with E-state index in [-0.39, 0.29) is 23.4 Å². The molecule has 0 aliphatic rings. The van der Waals surface area contributed by atoms with Crippen LogP contribution >= 0.6 is 23.2 Å². The molecule has 208 valence electrons. The summed E-state index contributed by atoms with van der Waals surface area (Å²) in [5, 5.41) is 3.50. The zero-order valence-corrected chi connectivity index (χ0v) is 24.9. The Labute approximate surface area is 240 Å². The van der Waals surface area contributed by atoms with Gasteiger partial charge in [0.05, 0.1) is 20.6 Å². The van der Waals surface area contributed by atoms with E-state index in [9.17, 15) is 18.0 Å². The number of aryl methyl sites for hydroxylation is 2. The van der Waals surface area contributed by atoms with Crippen molar-refractivity contribution in [2.45, 2.75) is 58.1 Å². The summed E-state index contributed by atoms with van der Waals surface area (Å²) in [5.41, 5.74) is 2.73. The second-order valence-corrected chi connectivity index (χ2v) is 12.4. The van der Waals surface area contributed by atoms with Crippen molar-refractivity contribution in [1.82, 2.24) is 10.2 Å². The lowest BCUT2D eigenvalue weighted by Crippen LogP contribution is -2.52. The Morgan fingerprint density at radius 2 is 1.54 bits per heavy atom. The van der Waals surface area contributed by atoms with Crippen LogP contribution in [0.1, 0.15) is 37.5 Å². The first-order valence-electron chi connectivity index (χ1n) is 12.5. The van der Waals surface area contributed by atoms with Gasteiger partial charge in [-0.25, -0.2) is 8.42 Å². The normalized spacial score (nSPS) is 12.2. The first kappa shape index (κ1) is 30.5. The smallest absolute Gasteiger partial charge is 0.264 e. The number of sulfonamides is 1. The minimum Gasteiger partial charge on any atom is -0.352 e. The molecule has 1 unspecified atom stereocenters. The number of nitrogens with one attached hydrogen (secondary N) is 1. The van der Waals surface area contributed by atoms with Gasteiger partial charge in [0.2, 0.25) is 11.8 Å². The molecule has 1 N–H and O–H groups in total. The number of benzene rings is 3. The summed E-state index contributed by atoms with van der Waals surface area (Å²) >= 11 is 12.3. The number of anilines is 1. The van der Waals surface area contributed by atoms with Gasteiger partial charge in [0.25, 0.3) is 10.0 Å². The molecule has 39 heavy (non-hydrogen) atoms. The highest BCUT2D eigenvalue weighted by atomic mass is 35.5. The maximum atomic E-state index is 13.9. The summed E-state index contributed by atoms with van der Waals surface area (Å²) in [6.45, 7) is 8.47. The molecule has 0 spiro atoms.